The fourth-order valence-electron chi connectivity index (χ4n) is 3.01. The number of carbonyl (C=O) groups is 2. The molecule has 0 aromatic carbocycles. The van der Waals surface area contributed by atoms with Gasteiger partial charge in [0.25, 0.3) is 0 Å². The number of hydrogen-bond donors (Lipinski definition) is 1. The molecule has 1 aromatic rings. The molecule has 0 bridgehead atoms. The van der Waals surface area contributed by atoms with Gasteiger partial charge in [0.15, 0.2) is 0 Å². The van der Waals surface area contributed by atoms with Crippen LogP contribution in [0.4, 0.5) is 15.4 Å². The van der Waals surface area contributed by atoms with Crippen LogP contribution in [-0.4, -0.2) is 66.0 Å². The zero-order valence-corrected chi connectivity index (χ0v) is 21.2. The summed E-state index contributed by atoms with van der Waals surface area (Å²) in [6.07, 6.45) is 2.32. The molecule has 0 radical (unpaired) electrons. The molecule has 1 fully saturated rings. The summed E-state index contributed by atoms with van der Waals surface area (Å²) in [7, 11) is 0. The Morgan fingerprint density at radius 2 is 1.73 bits per heavy atom. The van der Waals surface area contributed by atoms with Crippen LogP contribution in [0.15, 0.2) is 12.3 Å². The van der Waals surface area contributed by atoms with Crippen LogP contribution in [0.2, 0.25) is 5.02 Å². The smallest absolute Gasteiger partial charge is 0.410 e. The lowest BCUT2D eigenvalue weighted by molar-refractivity contribution is 0.0240. The van der Waals surface area contributed by atoms with Gasteiger partial charge in [-0.2, -0.15) is 0 Å². The van der Waals surface area contributed by atoms with Crippen LogP contribution < -0.4 is 10.2 Å². The van der Waals surface area contributed by atoms with Gasteiger partial charge in [-0.1, -0.05) is 23.4 Å². The van der Waals surface area contributed by atoms with Gasteiger partial charge in [0.1, 0.15) is 17.0 Å². The molecule has 2 amide bonds. The van der Waals surface area contributed by atoms with E-state index in [1.165, 1.54) is 0 Å². The molecular formula is C24H35ClN4O4. The molecule has 1 aliphatic rings. The molecule has 1 aliphatic heterocycles. The third kappa shape index (κ3) is 9.79. The van der Waals surface area contributed by atoms with Crippen LogP contribution in [-0.2, 0) is 9.47 Å². The Kier molecular flexibility index (Phi) is 9.24. The molecule has 1 N–H and O–H groups in total. The minimum Gasteiger partial charge on any atom is -0.444 e. The predicted octanol–water partition coefficient (Wildman–Crippen LogP) is 4.45. The highest BCUT2D eigenvalue weighted by atomic mass is 35.5. The van der Waals surface area contributed by atoms with Crippen molar-refractivity contribution in [3.63, 3.8) is 0 Å². The van der Waals surface area contributed by atoms with E-state index in [4.69, 9.17) is 21.1 Å². The number of halogens is 1. The second kappa shape index (κ2) is 11.5. The number of alkyl carbamates (subject to hydrolysis) is 1. The minimum absolute atomic E-state index is 0.298. The van der Waals surface area contributed by atoms with E-state index in [0.29, 0.717) is 56.4 Å². The lowest BCUT2D eigenvalue weighted by Crippen LogP contribution is -2.50. The van der Waals surface area contributed by atoms with E-state index in [1.807, 2.05) is 41.5 Å². The van der Waals surface area contributed by atoms with Crippen molar-refractivity contribution in [3.8, 4) is 11.8 Å². The first-order valence-corrected chi connectivity index (χ1v) is 11.6. The molecule has 0 spiro atoms. The van der Waals surface area contributed by atoms with Crippen molar-refractivity contribution in [1.29, 1.82) is 0 Å². The van der Waals surface area contributed by atoms with Crippen molar-refractivity contribution < 1.29 is 19.1 Å². The second-order valence-corrected chi connectivity index (χ2v) is 10.2. The Morgan fingerprint density at radius 1 is 1.09 bits per heavy atom. The summed E-state index contributed by atoms with van der Waals surface area (Å²) in [5.41, 5.74) is -0.283. The number of unbranched alkanes of at least 4 members (excludes halogenated alkanes) is 1. The van der Waals surface area contributed by atoms with E-state index in [0.717, 1.165) is 5.56 Å². The number of hydrogen-bond acceptors (Lipinski definition) is 6. The third-order valence-electron chi connectivity index (χ3n) is 4.43. The van der Waals surface area contributed by atoms with Gasteiger partial charge < -0.3 is 24.6 Å². The number of piperazine rings is 1. The van der Waals surface area contributed by atoms with Gasteiger partial charge in [-0.25, -0.2) is 14.6 Å². The number of rotatable bonds is 4. The highest BCUT2D eigenvalue weighted by Gasteiger charge is 2.27. The van der Waals surface area contributed by atoms with Crippen molar-refractivity contribution in [1.82, 2.24) is 15.2 Å². The van der Waals surface area contributed by atoms with Crippen molar-refractivity contribution in [2.75, 3.05) is 37.6 Å². The van der Waals surface area contributed by atoms with Crippen LogP contribution in [0.3, 0.4) is 0 Å². The van der Waals surface area contributed by atoms with Gasteiger partial charge in [-0.15, -0.1) is 0 Å². The highest BCUT2D eigenvalue weighted by molar-refractivity contribution is 6.33. The number of pyridine rings is 1. The molecule has 0 saturated carbocycles. The number of carbonyl (C=O) groups excluding carboxylic acids is 2. The lowest BCUT2D eigenvalue weighted by Gasteiger charge is -2.36. The fourth-order valence-corrected chi connectivity index (χ4v) is 3.29. The van der Waals surface area contributed by atoms with Gasteiger partial charge in [0.05, 0.1) is 5.02 Å². The van der Waals surface area contributed by atoms with Crippen molar-refractivity contribution >= 4 is 29.6 Å². The lowest BCUT2D eigenvalue weighted by atomic mass is 10.2. The minimum atomic E-state index is -0.509. The highest BCUT2D eigenvalue weighted by Crippen LogP contribution is 2.25. The normalized spacial score (nSPS) is 14.3. The van der Waals surface area contributed by atoms with Crippen LogP contribution >= 0.6 is 11.6 Å². The predicted molar refractivity (Wildman–Crippen MR) is 130 cm³/mol. The van der Waals surface area contributed by atoms with Gasteiger partial charge in [0, 0.05) is 50.9 Å². The van der Waals surface area contributed by atoms with Crippen molar-refractivity contribution in [2.45, 2.75) is 65.6 Å². The van der Waals surface area contributed by atoms with E-state index < -0.39 is 17.3 Å². The third-order valence-corrected chi connectivity index (χ3v) is 4.71. The van der Waals surface area contributed by atoms with E-state index in [-0.39, 0.29) is 6.09 Å². The van der Waals surface area contributed by atoms with E-state index in [1.54, 1.807) is 17.2 Å². The molecule has 33 heavy (non-hydrogen) atoms. The Labute approximate surface area is 202 Å². The number of aromatic nitrogens is 1. The zero-order valence-electron chi connectivity index (χ0n) is 20.5. The van der Waals surface area contributed by atoms with Crippen LogP contribution in [0.1, 0.15) is 59.9 Å². The SMILES string of the molecule is CC(C)(C)OC(=O)NCCCC#Cc1cnc(N2CCN(C(=O)OC(C)(C)C)CC2)c(Cl)c1. The second-order valence-electron chi connectivity index (χ2n) is 9.82. The maximum absolute atomic E-state index is 12.2. The molecule has 8 nitrogen and oxygen atoms in total. The topological polar surface area (TPSA) is 84.0 Å². The maximum Gasteiger partial charge on any atom is 0.410 e. The number of anilines is 1. The maximum atomic E-state index is 12.2. The van der Waals surface area contributed by atoms with Crippen LogP contribution in [0.25, 0.3) is 0 Å². The quantitative estimate of drug-likeness (QED) is 0.508. The number of nitrogens with one attached hydrogen (secondary N) is 1. The average Bonchev–Trinajstić information content (AvgIpc) is 2.68. The standard InChI is InChI=1S/C24H35ClN4O4/c1-23(2,3)32-21(30)26-11-9-7-8-10-18-16-19(25)20(27-17-18)28-12-14-29(15-13-28)22(31)33-24(4,5)6/h16-17H,7,9,11-15H2,1-6H3,(H,26,30). The molecule has 0 aliphatic carbocycles. The summed E-state index contributed by atoms with van der Waals surface area (Å²) in [6, 6.07) is 1.80. The molecule has 9 heteroatoms. The Hall–Kier alpha value is -2.66. The first-order valence-electron chi connectivity index (χ1n) is 11.2. The number of nitrogens with zero attached hydrogens (tertiary/aromatic N) is 3. The summed E-state index contributed by atoms with van der Waals surface area (Å²) in [4.78, 5) is 32.1. The Morgan fingerprint density at radius 3 is 2.30 bits per heavy atom. The number of ether oxygens (including phenoxy) is 2. The molecule has 2 heterocycles. The average molecular weight is 479 g/mol. The molecule has 0 unspecified atom stereocenters. The van der Waals surface area contributed by atoms with Gasteiger partial charge in [-0.05, 0) is 54.0 Å². The fraction of sp³-hybridized carbons (Fsp3) is 0.625. The summed E-state index contributed by atoms with van der Waals surface area (Å²) in [5.74, 6) is 6.82. The van der Waals surface area contributed by atoms with Gasteiger partial charge in [-0.3, -0.25) is 0 Å². The summed E-state index contributed by atoms with van der Waals surface area (Å²) < 4.78 is 10.6. The zero-order chi connectivity index (χ0) is 24.6. The molecule has 182 valence electrons. The van der Waals surface area contributed by atoms with Gasteiger partial charge >= 0.3 is 12.2 Å². The largest absolute Gasteiger partial charge is 0.444 e. The molecule has 2 rings (SSSR count). The first-order chi connectivity index (χ1) is 15.3. The molecule has 1 saturated heterocycles. The van der Waals surface area contributed by atoms with E-state index >= 15 is 0 Å². The van der Waals surface area contributed by atoms with E-state index in [9.17, 15) is 9.59 Å². The van der Waals surface area contributed by atoms with Crippen molar-refractivity contribution in [3.05, 3.63) is 22.8 Å². The van der Waals surface area contributed by atoms with Crippen LogP contribution in [0, 0.1) is 11.8 Å². The Balaban J connectivity index is 1.79. The molecule has 0 atom stereocenters. The summed E-state index contributed by atoms with van der Waals surface area (Å²) in [5, 5.41) is 3.24. The Bertz CT molecular complexity index is 888. The van der Waals surface area contributed by atoms with Crippen LogP contribution in [0.5, 0.6) is 0 Å². The molecular weight excluding hydrogens is 444 g/mol. The van der Waals surface area contributed by atoms with E-state index in [2.05, 4.69) is 27.0 Å². The van der Waals surface area contributed by atoms with Gasteiger partial charge in [0.2, 0.25) is 0 Å². The summed E-state index contributed by atoms with van der Waals surface area (Å²) in [6.45, 7) is 13.9. The monoisotopic (exact) mass is 478 g/mol. The van der Waals surface area contributed by atoms with Crippen molar-refractivity contribution in [2.24, 2.45) is 0 Å². The number of amides is 2. The first kappa shape index (κ1) is 26.6. The molecule has 1 aromatic heterocycles. The summed E-state index contributed by atoms with van der Waals surface area (Å²) >= 11 is 6.46.